The van der Waals surface area contributed by atoms with Gasteiger partial charge in [-0.25, -0.2) is 0 Å². The molecule has 0 amide bonds. The van der Waals surface area contributed by atoms with Gasteiger partial charge < -0.3 is 15.0 Å². The second kappa shape index (κ2) is 4.56. The zero-order chi connectivity index (χ0) is 15.4. The molecule has 1 saturated heterocycles. The first-order valence-electron chi connectivity index (χ1n) is 6.89. The van der Waals surface area contributed by atoms with Gasteiger partial charge in [-0.3, -0.25) is 10.1 Å². The molecule has 2 heterocycles. The highest BCUT2D eigenvalue weighted by Gasteiger charge is 2.48. The van der Waals surface area contributed by atoms with Gasteiger partial charge >= 0.3 is 0 Å². The second-order valence-corrected chi connectivity index (χ2v) is 6.31. The standard InChI is InChI=1S/C14H17N3O3S/c1-8(2)16-13(21)15-11-7-14(16,3)20-12-5-4-9(17(18)19)6-10(11)12/h4-6,8,11H,7H2,1-3H3,(H,15,21). The van der Waals surface area contributed by atoms with Crippen molar-refractivity contribution in [3.05, 3.63) is 33.9 Å². The lowest BCUT2D eigenvalue weighted by Gasteiger charge is -2.53. The third-order valence-corrected chi connectivity index (χ3v) is 4.35. The van der Waals surface area contributed by atoms with Gasteiger partial charge in [0.25, 0.3) is 5.69 Å². The predicted octanol–water partition coefficient (Wildman–Crippen LogP) is 2.73. The van der Waals surface area contributed by atoms with Gasteiger partial charge in [0.1, 0.15) is 5.75 Å². The van der Waals surface area contributed by atoms with E-state index in [0.29, 0.717) is 17.3 Å². The third-order valence-electron chi connectivity index (χ3n) is 4.03. The molecule has 1 N–H and O–H groups in total. The molecule has 0 radical (unpaired) electrons. The molecule has 21 heavy (non-hydrogen) atoms. The summed E-state index contributed by atoms with van der Waals surface area (Å²) in [4.78, 5) is 12.6. The van der Waals surface area contributed by atoms with Crippen LogP contribution < -0.4 is 10.1 Å². The normalized spacial score (nSPS) is 27.0. The number of nitro groups is 1. The van der Waals surface area contributed by atoms with Crippen LogP contribution in [0, 0.1) is 10.1 Å². The van der Waals surface area contributed by atoms with Crippen LogP contribution in [0.4, 0.5) is 5.69 Å². The minimum atomic E-state index is -0.524. The molecule has 2 aliphatic rings. The summed E-state index contributed by atoms with van der Waals surface area (Å²) in [6.45, 7) is 6.14. The maximum absolute atomic E-state index is 10.9. The third kappa shape index (κ3) is 2.12. The summed E-state index contributed by atoms with van der Waals surface area (Å²) in [6.07, 6.45) is 0.694. The number of thiocarbonyl (C=S) groups is 1. The van der Waals surface area contributed by atoms with Crippen LogP contribution in [0.15, 0.2) is 18.2 Å². The van der Waals surface area contributed by atoms with Gasteiger partial charge in [-0.15, -0.1) is 0 Å². The van der Waals surface area contributed by atoms with Crippen LogP contribution in [0.5, 0.6) is 5.75 Å². The Morgan fingerprint density at radius 2 is 2.29 bits per heavy atom. The topological polar surface area (TPSA) is 67.6 Å². The lowest BCUT2D eigenvalue weighted by Crippen LogP contribution is -2.66. The van der Waals surface area contributed by atoms with Crippen molar-refractivity contribution in [2.24, 2.45) is 0 Å². The van der Waals surface area contributed by atoms with Crippen molar-refractivity contribution in [2.75, 3.05) is 0 Å². The largest absolute Gasteiger partial charge is 0.468 e. The molecule has 3 rings (SSSR count). The van der Waals surface area contributed by atoms with Gasteiger partial charge in [-0.1, -0.05) is 0 Å². The Labute approximate surface area is 128 Å². The number of nitro benzene ring substituents is 1. The molecule has 2 unspecified atom stereocenters. The fourth-order valence-corrected chi connectivity index (χ4v) is 3.82. The Morgan fingerprint density at radius 1 is 1.57 bits per heavy atom. The molecule has 112 valence electrons. The first-order valence-corrected chi connectivity index (χ1v) is 7.30. The molecule has 7 heteroatoms. The summed E-state index contributed by atoms with van der Waals surface area (Å²) < 4.78 is 6.15. The van der Waals surface area contributed by atoms with Gasteiger partial charge in [0.2, 0.25) is 0 Å². The summed E-state index contributed by atoms with van der Waals surface area (Å²) in [5, 5.41) is 14.8. The number of non-ortho nitro benzene ring substituents is 1. The summed E-state index contributed by atoms with van der Waals surface area (Å²) in [5.41, 5.74) is 0.344. The van der Waals surface area contributed by atoms with Crippen molar-refractivity contribution < 1.29 is 9.66 Å². The molecule has 0 spiro atoms. The Hall–Kier alpha value is -1.89. The van der Waals surface area contributed by atoms with E-state index in [1.54, 1.807) is 12.1 Å². The number of nitrogens with zero attached hydrogens (tertiary/aromatic N) is 2. The average molecular weight is 307 g/mol. The zero-order valence-corrected chi connectivity index (χ0v) is 12.9. The smallest absolute Gasteiger partial charge is 0.270 e. The summed E-state index contributed by atoms with van der Waals surface area (Å²) in [5.74, 6) is 0.681. The molecule has 0 aromatic heterocycles. The fourth-order valence-electron chi connectivity index (χ4n) is 3.27. The Bertz CT molecular complexity index is 634. The van der Waals surface area contributed by atoms with E-state index in [1.807, 2.05) is 11.8 Å². The van der Waals surface area contributed by atoms with Crippen LogP contribution in [-0.4, -0.2) is 26.7 Å². The molecule has 2 aliphatic heterocycles. The summed E-state index contributed by atoms with van der Waals surface area (Å²) in [7, 11) is 0. The second-order valence-electron chi connectivity index (χ2n) is 5.93. The van der Waals surface area contributed by atoms with Crippen molar-refractivity contribution in [3.8, 4) is 5.75 Å². The zero-order valence-electron chi connectivity index (χ0n) is 12.1. The van der Waals surface area contributed by atoms with Crippen molar-refractivity contribution in [3.63, 3.8) is 0 Å². The van der Waals surface area contributed by atoms with E-state index < -0.39 is 10.6 Å². The molecule has 0 aliphatic carbocycles. The summed E-state index contributed by atoms with van der Waals surface area (Å²) in [6, 6.07) is 4.87. The van der Waals surface area contributed by atoms with Gasteiger partial charge in [-0.2, -0.15) is 0 Å². The maximum atomic E-state index is 10.9. The van der Waals surface area contributed by atoms with Crippen LogP contribution in [0.25, 0.3) is 0 Å². The maximum Gasteiger partial charge on any atom is 0.270 e. The van der Waals surface area contributed by atoms with Gasteiger partial charge in [0, 0.05) is 30.2 Å². The monoisotopic (exact) mass is 307 g/mol. The number of fused-ring (bicyclic) bond motifs is 4. The highest BCUT2D eigenvalue weighted by molar-refractivity contribution is 7.80. The number of benzene rings is 1. The quantitative estimate of drug-likeness (QED) is 0.515. The first kappa shape index (κ1) is 14.1. The first-order chi connectivity index (χ1) is 9.82. The van der Waals surface area contributed by atoms with E-state index in [1.165, 1.54) is 6.07 Å². The number of hydrogen-bond acceptors (Lipinski definition) is 4. The lowest BCUT2D eigenvalue weighted by atomic mass is 9.89. The number of rotatable bonds is 2. The molecule has 1 aromatic rings. The Balaban J connectivity index is 2.06. The van der Waals surface area contributed by atoms with Gasteiger partial charge in [-0.05, 0) is 39.1 Å². The van der Waals surface area contributed by atoms with Crippen LogP contribution >= 0.6 is 12.2 Å². The fraction of sp³-hybridized carbons (Fsp3) is 0.500. The van der Waals surface area contributed by atoms with Crippen molar-refractivity contribution in [1.29, 1.82) is 0 Å². The van der Waals surface area contributed by atoms with Crippen molar-refractivity contribution in [2.45, 2.75) is 45.0 Å². The minimum absolute atomic E-state index is 0.0545. The SMILES string of the molecule is CC(C)N1C(=S)NC2CC1(C)Oc1ccc([N+](=O)[O-])cc12. The van der Waals surface area contributed by atoms with E-state index in [0.717, 1.165) is 5.56 Å². The molecule has 6 nitrogen and oxygen atoms in total. The summed E-state index contributed by atoms with van der Waals surface area (Å²) >= 11 is 5.44. The number of nitrogens with one attached hydrogen (secondary N) is 1. The van der Waals surface area contributed by atoms with Crippen molar-refractivity contribution >= 4 is 23.0 Å². The van der Waals surface area contributed by atoms with Crippen LogP contribution in [-0.2, 0) is 0 Å². The Kier molecular flexibility index (Phi) is 3.05. The molecular weight excluding hydrogens is 290 g/mol. The van der Waals surface area contributed by atoms with Gasteiger partial charge in [0.05, 0.1) is 11.0 Å². The van der Waals surface area contributed by atoms with E-state index in [2.05, 4.69) is 19.2 Å². The van der Waals surface area contributed by atoms with Crippen LogP contribution in [0.3, 0.4) is 0 Å². The highest BCUT2D eigenvalue weighted by Crippen LogP contribution is 2.45. The van der Waals surface area contributed by atoms with E-state index in [9.17, 15) is 10.1 Å². The number of ether oxygens (including phenoxy) is 1. The van der Waals surface area contributed by atoms with E-state index in [-0.39, 0.29) is 17.8 Å². The van der Waals surface area contributed by atoms with Crippen molar-refractivity contribution in [1.82, 2.24) is 10.2 Å². The highest BCUT2D eigenvalue weighted by atomic mass is 32.1. The van der Waals surface area contributed by atoms with Gasteiger partial charge in [0.15, 0.2) is 10.8 Å². The van der Waals surface area contributed by atoms with E-state index in [4.69, 9.17) is 17.0 Å². The average Bonchev–Trinajstić information content (AvgIpc) is 2.36. The molecule has 2 bridgehead atoms. The molecule has 2 atom stereocenters. The lowest BCUT2D eigenvalue weighted by molar-refractivity contribution is -0.385. The molecule has 0 saturated carbocycles. The molecule has 1 aromatic carbocycles. The molecule has 1 fully saturated rings. The molecular formula is C14H17N3O3S. The van der Waals surface area contributed by atoms with E-state index >= 15 is 0 Å². The Morgan fingerprint density at radius 3 is 2.90 bits per heavy atom. The predicted molar refractivity (Wildman–Crippen MR) is 82.2 cm³/mol. The minimum Gasteiger partial charge on any atom is -0.468 e. The number of hydrogen-bond donors (Lipinski definition) is 1. The van der Waals surface area contributed by atoms with Crippen LogP contribution in [0.2, 0.25) is 0 Å². The van der Waals surface area contributed by atoms with Crippen LogP contribution in [0.1, 0.15) is 38.8 Å².